The zero-order valence-corrected chi connectivity index (χ0v) is 12.0. The fraction of sp³-hybridized carbons (Fsp3) is 0.118. The minimum absolute atomic E-state index is 0.00501. The maximum Gasteiger partial charge on any atom is 0.287 e. The largest absolute Gasteiger partial charge is 0.448 e. The first-order valence-electron chi connectivity index (χ1n) is 6.93. The van der Waals surface area contributed by atoms with Crippen molar-refractivity contribution in [3.8, 4) is 0 Å². The molecule has 0 aliphatic heterocycles. The first kappa shape index (κ1) is 15.2. The van der Waals surface area contributed by atoms with Crippen LogP contribution in [0, 0.1) is 11.6 Å². The number of para-hydroxylation sites is 1. The second kappa shape index (κ2) is 6.18. The molecule has 3 aromatic rings. The van der Waals surface area contributed by atoms with E-state index in [2.05, 4.69) is 5.32 Å². The SMILES string of the molecule is O=C(NCc1ccc(F)c(CO)c1)c1cc2cccc(F)c2o1. The number of carbonyl (C=O) groups excluding carboxylic acids is 1. The van der Waals surface area contributed by atoms with Gasteiger partial charge in [-0.3, -0.25) is 4.79 Å². The van der Waals surface area contributed by atoms with Gasteiger partial charge in [-0.25, -0.2) is 8.78 Å². The number of furan rings is 1. The smallest absolute Gasteiger partial charge is 0.287 e. The van der Waals surface area contributed by atoms with Crippen LogP contribution in [0.5, 0.6) is 0 Å². The lowest BCUT2D eigenvalue weighted by atomic mass is 10.1. The molecule has 23 heavy (non-hydrogen) atoms. The van der Waals surface area contributed by atoms with Crippen LogP contribution in [0.15, 0.2) is 46.9 Å². The topological polar surface area (TPSA) is 62.5 Å². The Labute approximate surface area is 130 Å². The summed E-state index contributed by atoms with van der Waals surface area (Å²) >= 11 is 0. The molecule has 3 rings (SSSR count). The molecule has 0 spiro atoms. The molecule has 0 atom stereocenters. The fourth-order valence-corrected chi connectivity index (χ4v) is 2.27. The highest BCUT2D eigenvalue weighted by molar-refractivity contribution is 5.96. The molecule has 2 aromatic carbocycles. The summed E-state index contributed by atoms with van der Waals surface area (Å²) in [5.74, 6) is -1.55. The number of aliphatic hydroxyl groups excluding tert-OH is 1. The number of nitrogens with one attached hydrogen (secondary N) is 1. The Morgan fingerprint density at radius 3 is 2.70 bits per heavy atom. The van der Waals surface area contributed by atoms with E-state index in [1.54, 1.807) is 6.07 Å². The third-order valence-corrected chi connectivity index (χ3v) is 3.45. The predicted molar refractivity (Wildman–Crippen MR) is 79.7 cm³/mol. The second-order valence-corrected chi connectivity index (χ2v) is 5.04. The minimum Gasteiger partial charge on any atom is -0.448 e. The van der Waals surface area contributed by atoms with E-state index >= 15 is 0 Å². The molecule has 0 saturated carbocycles. The van der Waals surface area contributed by atoms with E-state index < -0.39 is 24.1 Å². The number of hydrogen-bond acceptors (Lipinski definition) is 3. The van der Waals surface area contributed by atoms with Gasteiger partial charge in [-0.1, -0.05) is 18.2 Å². The second-order valence-electron chi connectivity index (χ2n) is 5.04. The maximum atomic E-state index is 13.6. The number of hydrogen-bond donors (Lipinski definition) is 2. The number of amides is 1. The number of aliphatic hydroxyl groups is 1. The third kappa shape index (κ3) is 3.07. The summed E-state index contributed by atoms with van der Waals surface area (Å²) in [6.45, 7) is -0.290. The van der Waals surface area contributed by atoms with Gasteiger partial charge in [0, 0.05) is 17.5 Å². The lowest BCUT2D eigenvalue weighted by Gasteiger charge is -2.06. The molecule has 0 unspecified atom stereocenters. The summed E-state index contributed by atoms with van der Waals surface area (Å²) in [5.41, 5.74) is 0.815. The van der Waals surface area contributed by atoms with E-state index in [9.17, 15) is 13.6 Å². The molecule has 1 amide bonds. The van der Waals surface area contributed by atoms with Crippen molar-refractivity contribution in [2.45, 2.75) is 13.2 Å². The van der Waals surface area contributed by atoms with Gasteiger partial charge in [-0.2, -0.15) is 0 Å². The van der Waals surface area contributed by atoms with Crippen LogP contribution in [0.3, 0.4) is 0 Å². The highest BCUT2D eigenvalue weighted by atomic mass is 19.1. The third-order valence-electron chi connectivity index (χ3n) is 3.45. The zero-order chi connectivity index (χ0) is 16.4. The van der Waals surface area contributed by atoms with Crippen LogP contribution in [0.2, 0.25) is 0 Å². The lowest BCUT2D eigenvalue weighted by molar-refractivity contribution is 0.0925. The van der Waals surface area contributed by atoms with E-state index in [0.717, 1.165) is 0 Å². The zero-order valence-electron chi connectivity index (χ0n) is 12.0. The van der Waals surface area contributed by atoms with Gasteiger partial charge in [-0.05, 0) is 29.8 Å². The van der Waals surface area contributed by atoms with Gasteiger partial charge in [-0.15, -0.1) is 0 Å². The molecule has 0 bridgehead atoms. The average Bonchev–Trinajstić information content (AvgIpc) is 2.99. The molecule has 2 N–H and O–H groups in total. The van der Waals surface area contributed by atoms with Gasteiger partial charge < -0.3 is 14.8 Å². The molecule has 0 aliphatic carbocycles. The van der Waals surface area contributed by atoms with Gasteiger partial charge in [0.2, 0.25) is 0 Å². The molecule has 4 nitrogen and oxygen atoms in total. The Morgan fingerprint density at radius 1 is 1.13 bits per heavy atom. The Kier molecular flexibility index (Phi) is 4.08. The summed E-state index contributed by atoms with van der Waals surface area (Å²) in [6.07, 6.45) is 0. The van der Waals surface area contributed by atoms with E-state index in [1.165, 1.54) is 36.4 Å². The van der Waals surface area contributed by atoms with Crippen molar-refractivity contribution in [3.05, 3.63) is 71.0 Å². The van der Waals surface area contributed by atoms with Crippen molar-refractivity contribution in [3.63, 3.8) is 0 Å². The number of carbonyl (C=O) groups is 1. The van der Waals surface area contributed by atoms with E-state index in [-0.39, 0.29) is 23.5 Å². The van der Waals surface area contributed by atoms with Crippen LogP contribution < -0.4 is 5.32 Å². The summed E-state index contributed by atoms with van der Waals surface area (Å²) in [6, 6.07) is 10.1. The molecule has 6 heteroatoms. The number of rotatable bonds is 4. The van der Waals surface area contributed by atoms with Gasteiger partial charge in [0.25, 0.3) is 5.91 Å². The van der Waals surface area contributed by atoms with E-state index in [1.807, 2.05) is 0 Å². The van der Waals surface area contributed by atoms with Crippen molar-refractivity contribution in [1.82, 2.24) is 5.32 Å². The fourth-order valence-electron chi connectivity index (χ4n) is 2.27. The first-order chi connectivity index (χ1) is 11.1. The standard InChI is InChI=1S/C17H13F2NO3/c18-13-5-4-10(6-12(13)9-21)8-20-17(22)15-7-11-2-1-3-14(19)16(11)23-15/h1-7,21H,8-9H2,(H,20,22). The Hall–Kier alpha value is -2.73. The monoisotopic (exact) mass is 317 g/mol. The van der Waals surface area contributed by atoms with Gasteiger partial charge in [0.1, 0.15) is 5.82 Å². The molecule has 0 saturated heterocycles. The first-order valence-corrected chi connectivity index (χ1v) is 6.93. The maximum absolute atomic E-state index is 13.6. The summed E-state index contributed by atoms with van der Waals surface area (Å²) in [4.78, 5) is 12.1. The molecule has 1 aromatic heterocycles. The summed E-state index contributed by atoms with van der Waals surface area (Å²) in [7, 11) is 0. The quantitative estimate of drug-likeness (QED) is 0.777. The number of halogens is 2. The molecule has 1 heterocycles. The Morgan fingerprint density at radius 2 is 1.96 bits per heavy atom. The van der Waals surface area contributed by atoms with Crippen LogP contribution in [0.25, 0.3) is 11.0 Å². The normalized spacial score (nSPS) is 10.9. The molecule has 0 fully saturated rings. The van der Waals surface area contributed by atoms with Crippen LogP contribution in [0.4, 0.5) is 8.78 Å². The van der Waals surface area contributed by atoms with Crippen molar-refractivity contribution in [2.75, 3.05) is 0 Å². The number of fused-ring (bicyclic) bond motifs is 1. The van der Waals surface area contributed by atoms with Crippen LogP contribution in [-0.2, 0) is 13.2 Å². The Balaban J connectivity index is 1.74. The van der Waals surface area contributed by atoms with Crippen LogP contribution in [-0.4, -0.2) is 11.0 Å². The average molecular weight is 317 g/mol. The molecule has 0 aliphatic rings. The lowest BCUT2D eigenvalue weighted by Crippen LogP contribution is -2.22. The Bertz CT molecular complexity index is 873. The molecular weight excluding hydrogens is 304 g/mol. The van der Waals surface area contributed by atoms with Crippen molar-refractivity contribution in [2.24, 2.45) is 0 Å². The van der Waals surface area contributed by atoms with Crippen molar-refractivity contribution < 1.29 is 23.1 Å². The van der Waals surface area contributed by atoms with Crippen LogP contribution >= 0.6 is 0 Å². The molecular formula is C17H13F2NO3. The summed E-state index contributed by atoms with van der Waals surface area (Å²) in [5, 5.41) is 12.1. The molecule has 0 radical (unpaired) electrons. The highest BCUT2D eigenvalue weighted by Crippen LogP contribution is 2.22. The van der Waals surface area contributed by atoms with Gasteiger partial charge in [0.15, 0.2) is 17.2 Å². The minimum atomic E-state index is -0.535. The number of benzene rings is 2. The van der Waals surface area contributed by atoms with Crippen molar-refractivity contribution >= 4 is 16.9 Å². The molecule has 118 valence electrons. The van der Waals surface area contributed by atoms with E-state index in [0.29, 0.717) is 10.9 Å². The van der Waals surface area contributed by atoms with Crippen LogP contribution in [0.1, 0.15) is 21.7 Å². The van der Waals surface area contributed by atoms with Crippen molar-refractivity contribution in [1.29, 1.82) is 0 Å². The predicted octanol–water partition coefficient (Wildman–Crippen LogP) is 3.13. The van der Waals surface area contributed by atoms with Gasteiger partial charge in [0.05, 0.1) is 6.61 Å². The highest BCUT2D eigenvalue weighted by Gasteiger charge is 2.14. The van der Waals surface area contributed by atoms with E-state index in [4.69, 9.17) is 9.52 Å². The van der Waals surface area contributed by atoms with Gasteiger partial charge >= 0.3 is 0 Å². The summed E-state index contributed by atoms with van der Waals surface area (Å²) < 4.78 is 32.1.